The molecule has 4 heteroatoms. The average Bonchev–Trinajstić information content (AvgIpc) is 3.08. The van der Waals surface area contributed by atoms with E-state index in [9.17, 15) is 0 Å². The Morgan fingerprint density at radius 3 is 2.33 bits per heavy atom. The molecule has 1 atom stereocenters. The molecule has 2 rings (SSSR count). The SMILES string of the molecule is CCC[CH2][Sn]([I])([CH2]CCC)[c]1ccccc1C1=NC(C(C)C)CO1. The van der Waals surface area contributed by atoms with Gasteiger partial charge in [0.2, 0.25) is 0 Å². The van der Waals surface area contributed by atoms with Crippen LogP contribution >= 0.6 is 18.6 Å². The predicted octanol–water partition coefficient (Wildman–Crippen LogP) is 5.68. The number of hydrogen-bond donors (Lipinski definition) is 0. The van der Waals surface area contributed by atoms with Crippen molar-refractivity contribution in [2.24, 2.45) is 10.9 Å². The molecule has 0 saturated heterocycles. The second-order valence-corrected chi connectivity index (χ2v) is 31.0. The van der Waals surface area contributed by atoms with E-state index in [1.165, 1.54) is 40.1 Å². The second-order valence-electron chi connectivity index (χ2n) is 7.27. The summed E-state index contributed by atoms with van der Waals surface area (Å²) in [4.78, 5) is 4.92. The van der Waals surface area contributed by atoms with Crippen molar-refractivity contribution in [1.29, 1.82) is 0 Å². The Hall–Kier alpha value is 0.219. The van der Waals surface area contributed by atoms with Crippen molar-refractivity contribution >= 4 is 42.5 Å². The summed E-state index contributed by atoms with van der Waals surface area (Å²) in [5.41, 5.74) is 1.30. The van der Waals surface area contributed by atoms with Crippen LogP contribution in [0.15, 0.2) is 29.3 Å². The van der Waals surface area contributed by atoms with Gasteiger partial charge >= 0.3 is 163 Å². The number of benzene rings is 1. The molecule has 0 aromatic heterocycles. The first kappa shape index (κ1) is 20.5. The van der Waals surface area contributed by atoms with Gasteiger partial charge in [-0.1, -0.05) is 0 Å². The van der Waals surface area contributed by atoms with Gasteiger partial charge in [-0.25, -0.2) is 0 Å². The summed E-state index contributed by atoms with van der Waals surface area (Å²) in [6.45, 7) is 9.83. The van der Waals surface area contributed by atoms with Gasteiger partial charge in [0.1, 0.15) is 0 Å². The normalized spacial score (nSPS) is 17.9. The fourth-order valence-corrected chi connectivity index (χ4v) is 22.0. The van der Waals surface area contributed by atoms with Gasteiger partial charge in [-0.3, -0.25) is 0 Å². The van der Waals surface area contributed by atoms with Crippen LogP contribution in [0.3, 0.4) is 0 Å². The van der Waals surface area contributed by atoms with Gasteiger partial charge in [-0.2, -0.15) is 0 Å². The Labute approximate surface area is 161 Å². The number of nitrogens with zero attached hydrogens (tertiary/aromatic N) is 1. The Kier molecular flexibility index (Phi) is 8.37. The van der Waals surface area contributed by atoms with Crippen molar-refractivity contribution in [3.63, 3.8) is 0 Å². The van der Waals surface area contributed by atoms with Crippen molar-refractivity contribution in [2.45, 2.75) is 68.3 Å². The first-order valence-corrected chi connectivity index (χ1v) is 23.3. The van der Waals surface area contributed by atoms with E-state index < -0.39 is 14.4 Å². The van der Waals surface area contributed by atoms with Gasteiger partial charge in [-0.15, -0.1) is 0 Å². The zero-order valence-electron chi connectivity index (χ0n) is 15.6. The van der Waals surface area contributed by atoms with Crippen LogP contribution in [0.25, 0.3) is 0 Å². The molecule has 1 aliphatic rings. The standard InChI is InChI=1S/C12H14NO.2C4H9.HI.Sn/c1-9(2)11-8-14-12(13-11)10-6-4-3-5-7-10;2*1-3-4-2;;/h3-6,9,11H,8H2,1-2H3;2*1,3-4H2,2H3;1H;/q;;;;+1/p-1. The third-order valence-corrected chi connectivity index (χ3v) is 26.6. The maximum atomic E-state index is 6.04. The minimum atomic E-state index is -2.39. The zero-order valence-corrected chi connectivity index (χ0v) is 20.7. The van der Waals surface area contributed by atoms with Gasteiger partial charge in [0.05, 0.1) is 0 Å². The Bertz CT molecular complexity index is 550. The van der Waals surface area contributed by atoms with Crippen molar-refractivity contribution in [3.05, 3.63) is 29.8 Å². The first-order valence-electron chi connectivity index (χ1n) is 9.51. The second kappa shape index (κ2) is 9.79. The van der Waals surface area contributed by atoms with Crippen LogP contribution in [-0.2, 0) is 4.74 Å². The van der Waals surface area contributed by atoms with Crippen LogP contribution in [0.4, 0.5) is 0 Å². The molecule has 134 valence electrons. The van der Waals surface area contributed by atoms with Crippen LogP contribution in [0.2, 0.25) is 8.87 Å². The van der Waals surface area contributed by atoms with E-state index >= 15 is 0 Å². The van der Waals surface area contributed by atoms with E-state index in [0.29, 0.717) is 12.0 Å². The summed E-state index contributed by atoms with van der Waals surface area (Å²) in [5.74, 6) is 1.46. The summed E-state index contributed by atoms with van der Waals surface area (Å²) in [7, 11) is 0. The molecule has 0 amide bonds. The Morgan fingerprint density at radius 1 is 1.17 bits per heavy atom. The molecule has 0 radical (unpaired) electrons. The molecule has 1 aliphatic heterocycles. The van der Waals surface area contributed by atoms with Gasteiger partial charge in [0.15, 0.2) is 0 Å². The van der Waals surface area contributed by atoms with Gasteiger partial charge in [0, 0.05) is 0 Å². The van der Waals surface area contributed by atoms with Crippen molar-refractivity contribution < 1.29 is 4.74 Å². The van der Waals surface area contributed by atoms with Crippen molar-refractivity contribution in [1.82, 2.24) is 0 Å². The van der Waals surface area contributed by atoms with Crippen LogP contribution in [0, 0.1) is 5.92 Å². The summed E-state index contributed by atoms with van der Waals surface area (Å²) in [6, 6.07) is 9.32. The van der Waals surface area contributed by atoms with Gasteiger partial charge in [0.25, 0.3) is 0 Å². The molecule has 0 N–H and O–H groups in total. The van der Waals surface area contributed by atoms with Crippen LogP contribution in [0.5, 0.6) is 0 Å². The molecule has 0 bridgehead atoms. The molecule has 1 aromatic carbocycles. The van der Waals surface area contributed by atoms with Crippen LogP contribution in [-0.4, -0.2) is 33.0 Å². The topological polar surface area (TPSA) is 21.6 Å². The van der Waals surface area contributed by atoms with E-state index in [-0.39, 0.29) is 0 Å². The van der Waals surface area contributed by atoms with Gasteiger partial charge < -0.3 is 0 Å². The predicted molar refractivity (Wildman–Crippen MR) is 116 cm³/mol. The quantitative estimate of drug-likeness (QED) is 0.288. The molecular formula is C20H32INOSn. The molecule has 24 heavy (non-hydrogen) atoms. The fraction of sp³-hybridized carbons (Fsp3) is 0.650. The summed E-state index contributed by atoms with van der Waals surface area (Å²) in [5, 5.41) is 0. The van der Waals surface area contributed by atoms with Crippen LogP contribution < -0.4 is 3.58 Å². The Balaban J connectivity index is 2.36. The molecule has 0 fully saturated rings. The van der Waals surface area contributed by atoms with Gasteiger partial charge in [-0.05, 0) is 0 Å². The third-order valence-electron chi connectivity index (χ3n) is 4.94. The zero-order chi connectivity index (χ0) is 17.6. The molecule has 0 spiro atoms. The number of hydrogen-bond acceptors (Lipinski definition) is 2. The molecule has 1 heterocycles. The number of unbranched alkanes of at least 4 members (excludes halogenated alkanes) is 2. The van der Waals surface area contributed by atoms with E-state index in [0.717, 1.165) is 12.5 Å². The molecule has 0 aliphatic carbocycles. The first-order chi connectivity index (χ1) is 11.5. The minimum absolute atomic E-state index is 0.318. The number of aliphatic imine (C=N–C) groups is 1. The molecule has 1 unspecified atom stereocenters. The molecule has 1 aromatic rings. The molecule has 2 nitrogen and oxygen atoms in total. The van der Waals surface area contributed by atoms with E-state index in [1.54, 1.807) is 3.58 Å². The van der Waals surface area contributed by atoms with Crippen molar-refractivity contribution in [2.75, 3.05) is 6.61 Å². The fourth-order valence-electron chi connectivity index (χ4n) is 3.25. The summed E-state index contributed by atoms with van der Waals surface area (Å²) < 4.78 is 10.5. The molecule has 0 saturated carbocycles. The molecular weight excluding hydrogens is 516 g/mol. The van der Waals surface area contributed by atoms with E-state index in [1.807, 2.05) is 0 Å². The maximum absolute atomic E-state index is 6.04. The monoisotopic (exact) mass is 549 g/mol. The third kappa shape index (κ3) is 5.12. The number of ether oxygens (including phenoxy) is 1. The number of rotatable bonds is 9. The van der Waals surface area contributed by atoms with E-state index in [2.05, 4.69) is 70.6 Å². The summed E-state index contributed by atoms with van der Waals surface area (Å²) >= 11 is 0.526. The number of halogens is 1. The van der Waals surface area contributed by atoms with Crippen molar-refractivity contribution in [3.8, 4) is 0 Å². The van der Waals surface area contributed by atoms with Crippen LogP contribution in [0.1, 0.15) is 58.9 Å². The van der Waals surface area contributed by atoms with E-state index in [4.69, 9.17) is 9.73 Å². The summed E-state index contributed by atoms with van der Waals surface area (Å²) in [6.07, 6.45) is 5.31. The average molecular weight is 548 g/mol. The Morgan fingerprint density at radius 2 is 1.79 bits per heavy atom.